The zero-order chi connectivity index (χ0) is 16.9. The summed E-state index contributed by atoms with van der Waals surface area (Å²) in [4.78, 5) is 26.7. The lowest BCUT2D eigenvalue weighted by atomic mass is 10.0. The van der Waals surface area contributed by atoms with E-state index in [1.165, 1.54) is 25.7 Å². The van der Waals surface area contributed by atoms with Crippen LogP contribution in [0.3, 0.4) is 0 Å². The molecule has 2 amide bonds. The van der Waals surface area contributed by atoms with Gasteiger partial charge in [0, 0.05) is 31.1 Å². The fourth-order valence-corrected chi connectivity index (χ4v) is 4.01. The predicted molar refractivity (Wildman–Crippen MR) is 94.6 cm³/mol. The lowest BCUT2D eigenvalue weighted by Gasteiger charge is -2.36. The Morgan fingerprint density at radius 1 is 0.833 bits per heavy atom. The topological polar surface area (TPSA) is 61.4 Å². The predicted octanol–water partition coefficient (Wildman–Crippen LogP) is 2.20. The van der Waals surface area contributed by atoms with Crippen molar-refractivity contribution in [2.45, 2.75) is 89.3 Å². The van der Waals surface area contributed by atoms with Gasteiger partial charge >= 0.3 is 0 Å². The van der Waals surface area contributed by atoms with Gasteiger partial charge < -0.3 is 10.6 Å². The molecule has 24 heavy (non-hydrogen) atoms. The standard InChI is InChI=1S/C19H33N3O2/c1-14(18(23)20-16-6-4-2-3-5-7-16)22-12-10-17(11-13-22)21-19(24)15-8-9-15/h14-17H,2-13H2,1H3,(H,20,23)(H,21,24). The number of carbonyl (C=O) groups excluding carboxylic acids is 2. The SMILES string of the molecule is CC(C(=O)NC1CCCCCC1)N1CCC(NC(=O)C2CC2)CC1. The number of hydrogen-bond donors (Lipinski definition) is 2. The quantitative estimate of drug-likeness (QED) is 0.757. The van der Waals surface area contributed by atoms with Gasteiger partial charge in [0.2, 0.25) is 11.8 Å². The first-order valence-corrected chi connectivity index (χ1v) is 9.98. The molecule has 2 aliphatic carbocycles. The molecule has 1 heterocycles. The lowest BCUT2D eigenvalue weighted by molar-refractivity contribution is -0.128. The molecule has 136 valence electrons. The second-order valence-corrected chi connectivity index (χ2v) is 7.97. The van der Waals surface area contributed by atoms with Crippen LogP contribution in [0.25, 0.3) is 0 Å². The van der Waals surface area contributed by atoms with Crippen LogP contribution in [0.15, 0.2) is 0 Å². The number of nitrogens with zero attached hydrogens (tertiary/aromatic N) is 1. The Labute approximate surface area is 145 Å². The summed E-state index contributed by atoms with van der Waals surface area (Å²) in [5, 5.41) is 6.45. The molecule has 3 rings (SSSR count). The molecule has 0 spiro atoms. The Hall–Kier alpha value is -1.10. The average molecular weight is 335 g/mol. The van der Waals surface area contributed by atoms with Gasteiger partial charge in [0.05, 0.1) is 6.04 Å². The van der Waals surface area contributed by atoms with Gasteiger partial charge in [-0.25, -0.2) is 0 Å². The number of hydrogen-bond acceptors (Lipinski definition) is 3. The maximum absolute atomic E-state index is 12.6. The van der Waals surface area contributed by atoms with E-state index in [0.717, 1.165) is 51.6 Å². The van der Waals surface area contributed by atoms with Gasteiger partial charge in [-0.1, -0.05) is 25.7 Å². The van der Waals surface area contributed by atoms with Crippen LogP contribution in [-0.2, 0) is 9.59 Å². The fourth-order valence-electron chi connectivity index (χ4n) is 4.01. The van der Waals surface area contributed by atoms with E-state index in [2.05, 4.69) is 15.5 Å². The molecule has 1 aliphatic heterocycles. The molecule has 0 radical (unpaired) electrons. The van der Waals surface area contributed by atoms with Crippen LogP contribution in [0.4, 0.5) is 0 Å². The van der Waals surface area contributed by atoms with Crippen LogP contribution in [0.2, 0.25) is 0 Å². The first-order valence-electron chi connectivity index (χ1n) is 9.98. The summed E-state index contributed by atoms with van der Waals surface area (Å²) < 4.78 is 0. The van der Waals surface area contributed by atoms with E-state index in [-0.39, 0.29) is 23.8 Å². The summed E-state index contributed by atoms with van der Waals surface area (Å²) >= 11 is 0. The summed E-state index contributed by atoms with van der Waals surface area (Å²) in [6.45, 7) is 3.82. The smallest absolute Gasteiger partial charge is 0.237 e. The molecule has 2 saturated carbocycles. The number of piperidine rings is 1. The Kier molecular flexibility index (Phi) is 6.14. The van der Waals surface area contributed by atoms with E-state index in [1.54, 1.807) is 0 Å². The zero-order valence-corrected chi connectivity index (χ0v) is 15.1. The van der Waals surface area contributed by atoms with Gasteiger partial charge in [-0.05, 0) is 45.4 Å². The largest absolute Gasteiger partial charge is 0.353 e. The molecule has 1 atom stereocenters. The third-order valence-corrected chi connectivity index (χ3v) is 5.95. The van der Waals surface area contributed by atoms with Crippen molar-refractivity contribution in [3.05, 3.63) is 0 Å². The molecule has 3 aliphatic rings. The van der Waals surface area contributed by atoms with Crippen LogP contribution in [0.5, 0.6) is 0 Å². The van der Waals surface area contributed by atoms with Crippen molar-refractivity contribution < 1.29 is 9.59 Å². The normalized spacial score (nSPS) is 25.7. The molecule has 2 N–H and O–H groups in total. The van der Waals surface area contributed by atoms with Gasteiger partial charge in [0.15, 0.2) is 0 Å². The molecular formula is C19H33N3O2. The minimum Gasteiger partial charge on any atom is -0.353 e. The van der Waals surface area contributed by atoms with Gasteiger partial charge in [0.25, 0.3) is 0 Å². The highest BCUT2D eigenvalue weighted by atomic mass is 16.2. The van der Waals surface area contributed by atoms with E-state index in [1.807, 2.05) is 6.92 Å². The summed E-state index contributed by atoms with van der Waals surface area (Å²) in [6, 6.07) is 0.609. The summed E-state index contributed by atoms with van der Waals surface area (Å²) in [5.74, 6) is 0.710. The van der Waals surface area contributed by atoms with Crippen molar-refractivity contribution in [1.29, 1.82) is 0 Å². The van der Waals surface area contributed by atoms with E-state index < -0.39 is 0 Å². The molecule has 1 unspecified atom stereocenters. The van der Waals surface area contributed by atoms with Crippen LogP contribution in [0.1, 0.15) is 71.1 Å². The molecule has 5 nitrogen and oxygen atoms in total. The second-order valence-electron chi connectivity index (χ2n) is 7.97. The second kappa shape index (κ2) is 8.32. The van der Waals surface area contributed by atoms with Crippen LogP contribution < -0.4 is 10.6 Å². The molecular weight excluding hydrogens is 302 g/mol. The molecule has 0 aromatic carbocycles. The van der Waals surface area contributed by atoms with E-state index in [9.17, 15) is 9.59 Å². The monoisotopic (exact) mass is 335 g/mol. The molecule has 0 bridgehead atoms. The van der Waals surface area contributed by atoms with Crippen LogP contribution in [-0.4, -0.2) is 47.9 Å². The Balaban J connectivity index is 1.39. The highest BCUT2D eigenvalue weighted by molar-refractivity contribution is 5.82. The van der Waals surface area contributed by atoms with Crippen molar-refractivity contribution in [1.82, 2.24) is 15.5 Å². The first-order chi connectivity index (χ1) is 11.6. The molecule has 3 fully saturated rings. The lowest BCUT2D eigenvalue weighted by Crippen LogP contribution is -2.53. The van der Waals surface area contributed by atoms with Crippen LogP contribution >= 0.6 is 0 Å². The van der Waals surface area contributed by atoms with E-state index in [0.29, 0.717) is 12.1 Å². The maximum atomic E-state index is 12.6. The van der Waals surface area contributed by atoms with Crippen molar-refractivity contribution in [2.24, 2.45) is 5.92 Å². The van der Waals surface area contributed by atoms with Crippen LogP contribution in [0, 0.1) is 5.92 Å². The summed E-state index contributed by atoms with van der Waals surface area (Å²) in [7, 11) is 0. The van der Waals surface area contributed by atoms with E-state index >= 15 is 0 Å². The number of carbonyl (C=O) groups is 2. The van der Waals surface area contributed by atoms with Crippen molar-refractivity contribution in [3.63, 3.8) is 0 Å². The van der Waals surface area contributed by atoms with Crippen molar-refractivity contribution in [3.8, 4) is 0 Å². The number of rotatable bonds is 5. The number of amides is 2. The summed E-state index contributed by atoms with van der Waals surface area (Å²) in [6.07, 6.45) is 11.4. The Morgan fingerprint density at radius 2 is 1.42 bits per heavy atom. The minimum absolute atomic E-state index is 0.0617. The minimum atomic E-state index is -0.0617. The number of likely N-dealkylation sites (tertiary alicyclic amines) is 1. The third kappa shape index (κ3) is 4.95. The summed E-state index contributed by atoms with van der Waals surface area (Å²) in [5.41, 5.74) is 0. The van der Waals surface area contributed by atoms with Gasteiger partial charge in [-0.15, -0.1) is 0 Å². The highest BCUT2D eigenvalue weighted by Crippen LogP contribution is 2.29. The Morgan fingerprint density at radius 3 is 2.00 bits per heavy atom. The first kappa shape index (κ1) is 17.7. The molecule has 0 aromatic rings. The van der Waals surface area contributed by atoms with Crippen molar-refractivity contribution in [2.75, 3.05) is 13.1 Å². The van der Waals surface area contributed by atoms with Gasteiger partial charge in [-0.3, -0.25) is 14.5 Å². The Bertz CT molecular complexity index is 434. The average Bonchev–Trinajstić information content (AvgIpc) is 3.42. The zero-order valence-electron chi connectivity index (χ0n) is 15.1. The molecule has 0 aromatic heterocycles. The maximum Gasteiger partial charge on any atom is 0.237 e. The number of nitrogens with one attached hydrogen (secondary N) is 2. The highest BCUT2D eigenvalue weighted by Gasteiger charge is 2.33. The molecule has 1 saturated heterocycles. The molecule has 5 heteroatoms. The van der Waals surface area contributed by atoms with E-state index in [4.69, 9.17) is 0 Å². The van der Waals surface area contributed by atoms with Gasteiger partial charge in [-0.2, -0.15) is 0 Å². The van der Waals surface area contributed by atoms with Crippen molar-refractivity contribution >= 4 is 11.8 Å². The van der Waals surface area contributed by atoms with Gasteiger partial charge in [0.1, 0.15) is 0 Å². The third-order valence-electron chi connectivity index (χ3n) is 5.95. The fraction of sp³-hybridized carbons (Fsp3) is 0.895.